The number of ketones is 1. The van der Waals surface area contributed by atoms with Crippen LogP contribution >= 0.6 is 0 Å². The van der Waals surface area contributed by atoms with Crippen LogP contribution in [-0.2, 0) is 14.3 Å². The van der Waals surface area contributed by atoms with Crippen molar-refractivity contribution in [2.24, 2.45) is 5.73 Å². The van der Waals surface area contributed by atoms with Gasteiger partial charge in [-0.25, -0.2) is 13.6 Å². The summed E-state index contributed by atoms with van der Waals surface area (Å²) < 4.78 is 36.5. The van der Waals surface area contributed by atoms with Crippen molar-refractivity contribution >= 4 is 17.5 Å². The molecule has 4 N–H and O–H groups in total. The standard InChI is InChI=1S/C15H17F2N3O4/c1-20-14(19)13(10(18)6-23-2)15(22)24-7-11(21)12-8(16)4-3-5-9(12)17/h3-5,18,20H,6-7,19H2,1-2H3/b14-13+,18-10?. The number of nitrogens with one attached hydrogen (secondary N) is 2. The lowest BCUT2D eigenvalue weighted by Gasteiger charge is -2.12. The molecule has 0 aromatic heterocycles. The fraction of sp³-hybridized carbons (Fsp3) is 0.267. The first-order valence-corrected chi connectivity index (χ1v) is 6.72. The molecule has 0 saturated heterocycles. The Kier molecular flexibility index (Phi) is 6.99. The van der Waals surface area contributed by atoms with Crippen molar-refractivity contribution in [1.82, 2.24) is 5.32 Å². The van der Waals surface area contributed by atoms with Gasteiger partial charge in [0.15, 0.2) is 6.61 Å². The smallest absolute Gasteiger partial charge is 0.344 e. The van der Waals surface area contributed by atoms with Gasteiger partial charge in [-0.15, -0.1) is 0 Å². The number of rotatable bonds is 8. The number of Topliss-reactive ketones (excluding diaryl/α,β-unsaturated/α-hetero) is 1. The van der Waals surface area contributed by atoms with E-state index in [1.807, 2.05) is 0 Å². The summed E-state index contributed by atoms with van der Waals surface area (Å²) in [5.41, 5.74) is 4.17. The van der Waals surface area contributed by atoms with E-state index in [0.717, 1.165) is 18.2 Å². The molecule has 0 bridgehead atoms. The number of hydrogen-bond acceptors (Lipinski definition) is 7. The highest BCUT2D eigenvalue weighted by Crippen LogP contribution is 2.13. The van der Waals surface area contributed by atoms with E-state index in [-0.39, 0.29) is 23.7 Å². The second kappa shape index (κ2) is 8.73. The second-order valence-corrected chi connectivity index (χ2v) is 4.55. The normalized spacial score (nSPS) is 11.5. The van der Waals surface area contributed by atoms with Crippen molar-refractivity contribution in [3.63, 3.8) is 0 Å². The van der Waals surface area contributed by atoms with E-state index in [9.17, 15) is 18.4 Å². The van der Waals surface area contributed by atoms with Crippen molar-refractivity contribution in [2.45, 2.75) is 0 Å². The molecule has 0 spiro atoms. The minimum atomic E-state index is -1.09. The molecule has 1 rings (SSSR count). The van der Waals surface area contributed by atoms with Crippen LogP contribution in [-0.4, -0.2) is 44.8 Å². The zero-order valence-corrected chi connectivity index (χ0v) is 13.1. The van der Waals surface area contributed by atoms with Gasteiger partial charge < -0.3 is 25.9 Å². The van der Waals surface area contributed by atoms with Crippen molar-refractivity contribution in [2.75, 3.05) is 27.4 Å². The molecule has 1 aromatic carbocycles. The first-order valence-electron chi connectivity index (χ1n) is 6.72. The zero-order chi connectivity index (χ0) is 18.3. The van der Waals surface area contributed by atoms with E-state index in [1.54, 1.807) is 0 Å². The molecule has 0 heterocycles. The molecule has 130 valence electrons. The van der Waals surface area contributed by atoms with E-state index in [1.165, 1.54) is 14.2 Å². The van der Waals surface area contributed by atoms with E-state index < -0.39 is 35.6 Å². The van der Waals surface area contributed by atoms with E-state index in [2.05, 4.69) is 5.32 Å². The zero-order valence-electron chi connectivity index (χ0n) is 13.1. The van der Waals surface area contributed by atoms with Gasteiger partial charge in [0, 0.05) is 14.2 Å². The van der Waals surface area contributed by atoms with E-state index in [4.69, 9.17) is 20.6 Å². The van der Waals surface area contributed by atoms with Crippen LogP contribution in [0.25, 0.3) is 0 Å². The Labute approximate surface area is 136 Å². The molecule has 24 heavy (non-hydrogen) atoms. The highest BCUT2D eigenvalue weighted by atomic mass is 19.1. The molecule has 7 nitrogen and oxygen atoms in total. The number of methoxy groups -OCH3 is 1. The Hall–Kier alpha value is -2.81. The second-order valence-electron chi connectivity index (χ2n) is 4.55. The highest BCUT2D eigenvalue weighted by molar-refractivity contribution is 6.19. The fourth-order valence-corrected chi connectivity index (χ4v) is 1.78. The number of esters is 1. The number of carbonyl (C=O) groups is 2. The lowest BCUT2D eigenvalue weighted by atomic mass is 10.1. The van der Waals surface area contributed by atoms with Gasteiger partial charge in [-0.2, -0.15) is 0 Å². The van der Waals surface area contributed by atoms with E-state index >= 15 is 0 Å². The van der Waals surface area contributed by atoms with Gasteiger partial charge in [-0.1, -0.05) is 6.07 Å². The topological polar surface area (TPSA) is 114 Å². The maximum atomic E-state index is 13.5. The number of benzene rings is 1. The average molecular weight is 341 g/mol. The molecule has 0 unspecified atom stereocenters. The molecule has 9 heteroatoms. The van der Waals surface area contributed by atoms with Crippen molar-refractivity contribution in [3.05, 3.63) is 46.8 Å². The highest BCUT2D eigenvalue weighted by Gasteiger charge is 2.23. The number of hydrogen-bond donors (Lipinski definition) is 3. The number of nitrogens with two attached hydrogens (primary N) is 1. The Morgan fingerprint density at radius 1 is 1.25 bits per heavy atom. The molecule has 0 aliphatic heterocycles. The summed E-state index contributed by atoms with van der Waals surface area (Å²) in [6.45, 7) is -1.12. The summed E-state index contributed by atoms with van der Waals surface area (Å²) in [4.78, 5) is 23.9. The van der Waals surface area contributed by atoms with Crippen molar-refractivity contribution < 1.29 is 27.8 Å². The quantitative estimate of drug-likeness (QED) is 0.278. The summed E-state index contributed by atoms with van der Waals surface area (Å²) in [5.74, 6) is -4.43. The molecule has 0 amide bonds. The summed E-state index contributed by atoms with van der Waals surface area (Å²) in [6.07, 6.45) is 0. The summed E-state index contributed by atoms with van der Waals surface area (Å²) in [6, 6.07) is 2.93. The maximum Gasteiger partial charge on any atom is 0.344 e. The molecule has 0 aliphatic carbocycles. The predicted molar refractivity (Wildman–Crippen MR) is 81.5 cm³/mol. The van der Waals surface area contributed by atoms with Crippen molar-refractivity contribution in [3.8, 4) is 0 Å². The van der Waals surface area contributed by atoms with Gasteiger partial charge >= 0.3 is 5.97 Å². The predicted octanol–water partition coefficient (Wildman–Crippen LogP) is 0.747. The largest absolute Gasteiger partial charge is 0.454 e. The van der Waals surface area contributed by atoms with Gasteiger partial charge in [-0.05, 0) is 12.1 Å². The SMILES string of the molecule is CN/C(N)=C(\C(=N)COC)C(=O)OCC(=O)c1c(F)cccc1F. The van der Waals surface area contributed by atoms with Gasteiger partial charge in [-0.3, -0.25) is 4.79 Å². The molecule has 0 radical (unpaired) electrons. The first-order chi connectivity index (χ1) is 11.3. The van der Waals surface area contributed by atoms with Gasteiger partial charge in [0.1, 0.15) is 23.0 Å². The molecule has 0 aliphatic rings. The van der Waals surface area contributed by atoms with Crippen LogP contribution in [0.1, 0.15) is 10.4 Å². The molecule has 0 atom stereocenters. The minimum Gasteiger partial charge on any atom is -0.454 e. The molecular weight excluding hydrogens is 324 g/mol. The summed E-state index contributed by atoms with van der Waals surface area (Å²) in [7, 11) is 2.74. The molecule has 0 fully saturated rings. The summed E-state index contributed by atoms with van der Waals surface area (Å²) >= 11 is 0. The lowest BCUT2D eigenvalue weighted by Crippen LogP contribution is -2.29. The van der Waals surface area contributed by atoms with Crippen LogP contribution in [0.4, 0.5) is 8.78 Å². The molecule has 0 saturated carbocycles. The van der Waals surface area contributed by atoms with Crippen molar-refractivity contribution in [1.29, 1.82) is 5.41 Å². The molecular formula is C15H17F2N3O4. The number of ether oxygens (including phenoxy) is 2. The average Bonchev–Trinajstić information content (AvgIpc) is 2.53. The third-order valence-corrected chi connectivity index (χ3v) is 2.91. The maximum absolute atomic E-state index is 13.5. The lowest BCUT2D eigenvalue weighted by molar-refractivity contribution is -0.137. The van der Waals surface area contributed by atoms with E-state index in [0.29, 0.717) is 0 Å². The molecule has 1 aromatic rings. The van der Waals surface area contributed by atoms with Crippen LogP contribution in [0.3, 0.4) is 0 Å². The Balaban J connectivity index is 2.90. The first kappa shape index (κ1) is 19.2. The Morgan fingerprint density at radius 2 is 1.83 bits per heavy atom. The van der Waals surface area contributed by atoms with Crippen LogP contribution in [0.15, 0.2) is 29.6 Å². The van der Waals surface area contributed by atoms with Gasteiger partial charge in [0.2, 0.25) is 5.78 Å². The van der Waals surface area contributed by atoms with Crippen LogP contribution < -0.4 is 11.1 Å². The Morgan fingerprint density at radius 3 is 2.33 bits per heavy atom. The summed E-state index contributed by atoms with van der Waals surface area (Å²) in [5, 5.41) is 10.2. The van der Waals surface area contributed by atoms with Gasteiger partial charge in [0.05, 0.1) is 17.9 Å². The third-order valence-electron chi connectivity index (χ3n) is 2.91. The van der Waals surface area contributed by atoms with Crippen LogP contribution in [0, 0.1) is 17.0 Å². The van der Waals surface area contributed by atoms with Gasteiger partial charge in [0.25, 0.3) is 0 Å². The van der Waals surface area contributed by atoms with Crippen LogP contribution in [0.5, 0.6) is 0 Å². The fourth-order valence-electron chi connectivity index (χ4n) is 1.78. The number of carbonyl (C=O) groups excluding carboxylic acids is 2. The minimum absolute atomic E-state index is 0.161. The number of halogens is 2. The third kappa shape index (κ3) is 4.59. The van der Waals surface area contributed by atoms with Crippen LogP contribution in [0.2, 0.25) is 0 Å². The monoisotopic (exact) mass is 341 g/mol. The Bertz CT molecular complexity index is 669.